The smallest absolute Gasteiger partial charge is 0.271 e. The summed E-state index contributed by atoms with van der Waals surface area (Å²) < 4.78 is 1.61. The zero-order valence-electron chi connectivity index (χ0n) is 7.88. The van der Waals surface area contributed by atoms with Crippen molar-refractivity contribution in [1.82, 2.24) is 9.78 Å². The molecule has 5 nitrogen and oxygen atoms in total. The molecule has 0 atom stereocenters. The molecule has 2 heterocycles. The van der Waals surface area contributed by atoms with Crippen molar-refractivity contribution in [1.29, 1.82) is 0 Å². The molecular weight excluding hydrogens is 212 g/mol. The summed E-state index contributed by atoms with van der Waals surface area (Å²) >= 11 is 1.61. The molecule has 0 saturated carbocycles. The molecule has 2 rings (SSSR count). The molecule has 0 aromatic carbocycles. The number of hydrogen-bond acceptors (Lipinski definition) is 4. The lowest BCUT2D eigenvalue weighted by Crippen LogP contribution is -2.14. The number of anilines is 1. The van der Waals surface area contributed by atoms with Crippen molar-refractivity contribution >= 4 is 22.9 Å². The summed E-state index contributed by atoms with van der Waals surface area (Å²) in [6.45, 7) is 0.598. The van der Waals surface area contributed by atoms with Crippen molar-refractivity contribution in [3.63, 3.8) is 0 Å². The van der Waals surface area contributed by atoms with Crippen LogP contribution in [0.2, 0.25) is 0 Å². The molecule has 0 saturated heterocycles. The van der Waals surface area contributed by atoms with Crippen LogP contribution in [0, 0.1) is 0 Å². The number of amides is 1. The fraction of sp³-hybridized carbons (Fsp3) is 0.111. The minimum Gasteiger partial charge on any atom is -0.396 e. The molecule has 4 N–H and O–H groups in total. The van der Waals surface area contributed by atoms with Gasteiger partial charge in [-0.25, -0.2) is 0 Å². The van der Waals surface area contributed by atoms with E-state index in [0.29, 0.717) is 12.2 Å². The maximum Gasteiger partial charge on any atom is 0.271 e. The predicted molar refractivity (Wildman–Crippen MR) is 58.6 cm³/mol. The van der Waals surface area contributed by atoms with Gasteiger partial charge in [0.1, 0.15) is 0 Å². The molecule has 0 unspecified atom stereocenters. The van der Waals surface area contributed by atoms with E-state index < -0.39 is 5.91 Å². The van der Waals surface area contributed by atoms with Gasteiger partial charge in [-0.3, -0.25) is 9.48 Å². The lowest BCUT2D eigenvalue weighted by atomic mass is 10.3. The van der Waals surface area contributed by atoms with E-state index in [-0.39, 0.29) is 5.69 Å². The van der Waals surface area contributed by atoms with Gasteiger partial charge in [0.05, 0.1) is 12.2 Å². The van der Waals surface area contributed by atoms with Crippen LogP contribution in [0.5, 0.6) is 0 Å². The van der Waals surface area contributed by atoms with E-state index >= 15 is 0 Å². The van der Waals surface area contributed by atoms with Crippen molar-refractivity contribution in [2.24, 2.45) is 5.73 Å². The van der Waals surface area contributed by atoms with Gasteiger partial charge in [0.2, 0.25) is 0 Å². The van der Waals surface area contributed by atoms with E-state index in [0.717, 1.165) is 5.56 Å². The summed E-state index contributed by atoms with van der Waals surface area (Å²) in [6.07, 6.45) is 1.61. The van der Waals surface area contributed by atoms with E-state index in [9.17, 15) is 4.79 Å². The number of carbonyl (C=O) groups excluding carboxylic acids is 1. The Morgan fingerprint density at radius 1 is 1.60 bits per heavy atom. The van der Waals surface area contributed by atoms with Crippen molar-refractivity contribution < 1.29 is 4.79 Å². The SMILES string of the molecule is NC(=O)c1nn(Cc2ccsc2)cc1N. The topological polar surface area (TPSA) is 86.9 Å². The zero-order chi connectivity index (χ0) is 10.8. The number of carbonyl (C=O) groups is 1. The third kappa shape index (κ3) is 1.99. The lowest BCUT2D eigenvalue weighted by molar-refractivity contribution is 0.0995. The van der Waals surface area contributed by atoms with Crippen LogP contribution < -0.4 is 11.5 Å². The highest BCUT2D eigenvalue weighted by atomic mass is 32.1. The second-order valence-corrected chi connectivity index (χ2v) is 3.91. The highest BCUT2D eigenvalue weighted by Crippen LogP contribution is 2.12. The Morgan fingerprint density at radius 3 is 2.93 bits per heavy atom. The molecule has 0 bridgehead atoms. The molecule has 6 heteroatoms. The Balaban J connectivity index is 2.23. The molecule has 0 fully saturated rings. The van der Waals surface area contributed by atoms with Gasteiger partial charge in [-0.15, -0.1) is 0 Å². The van der Waals surface area contributed by atoms with E-state index in [4.69, 9.17) is 11.5 Å². The largest absolute Gasteiger partial charge is 0.396 e. The number of aromatic nitrogens is 2. The minimum atomic E-state index is -0.600. The normalized spacial score (nSPS) is 10.4. The van der Waals surface area contributed by atoms with E-state index in [1.807, 2.05) is 16.8 Å². The second kappa shape index (κ2) is 3.74. The van der Waals surface area contributed by atoms with E-state index in [2.05, 4.69) is 5.10 Å². The second-order valence-electron chi connectivity index (χ2n) is 3.13. The standard InChI is InChI=1S/C9H10N4OS/c10-7-4-13(12-8(7)9(11)14)3-6-1-2-15-5-6/h1-2,4-5H,3,10H2,(H2,11,14). The molecule has 2 aromatic rings. The van der Waals surface area contributed by atoms with Gasteiger partial charge in [-0.2, -0.15) is 16.4 Å². The first-order valence-corrected chi connectivity index (χ1v) is 5.25. The summed E-state index contributed by atoms with van der Waals surface area (Å²) in [5.41, 5.74) is 12.3. The molecule has 0 aliphatic carbocycles. The van der Waals surface area contributed by atoms with Crippen molar-refractivity contribution in [3.8, 4) is 0 Å². The molecule has 2 aromatic heterocycles. The van der Waals surface area contributed by atoms with Gasteiger partial charge in [0.15, 0.2) is 5.69 Å². The molecule has 0 aliphatic rings. The molecule has 0 spiro atoms. The van der Waals surface area contributed by atoms with Crippen LogP contribution in [0.15, 0.2) is 23.0 Å². The number of hydrogen-bond donors (Lipinski definition) is 2. The highest BCUT2D eigenvalue weighted by molar-refractivity contribution is 7.07. The summed E-state index contributed by atoms with van der Waals surface area (Å²) in [5, 5.41) is 8.00. The number of nitrogens with two attached hydrogens (primary N) is 2. The number of nitrogen functional groups attached to an aromatic ring is 1. The van der Waals surface area contributed by atoms with E-state index in [1.165, 1.54) is 0 Å². The lowest BCUT2D eigenvalue weighted by Gasteiger charge is -1.96. The molecule has 0 aliphatic heterocycles. The Hall–Kier alpha value is -1.82. The van der Waals surface area contributed by atoms with Crippen molar-refractivity contribution in [3.05, 3.63) is 34.3 Å². The first-order valence-electron chi connectivity index (χ1n) is 4.30. The predicted octanol–water partition coefficient (Wildman–Crippen LogP) is 0.674. The maximum atomic E-state index is 10.9. The number of rotatable bonds is 3. The van der Waals surface area contributed by atoms with Crippen molar-refractivity contribution in [2.45, 2.75) is 6.54 Å². The van der Waals surface area contributed by atoms with Gasteiger partial charge in [-0.05, 0) is 22.4 Å². The Labute approximate surface area is 90.3 Å². The number of primary amides is 1. The van der Waals surface area contributed by atoms with E-state index in [1.54, 1.807) is 22.2 Å². The fourth-order valence-corrected chi connectivity index (χ4v) is 1.94. The molecular formula is C9H10N4OS. The van der Waals surface area contributed by atoms with Gasteiger partial charge in [0, 0.05) is 6.20 Å². The van der Waals surface area contributed by atoms with Gasteiger partial charge in [0.25, 0.3) is 5.91 Å². The monoisotopic (exact) mass is 222 g/mol. The molecule has 78 valence electrons. The minimum absolute atomic E-state index is 0.130. The van der Waals surface area contributed by atoms with Crippen LogP contribution in [0.1, 0.15) is 16.1 Å². The van der Waals surface area contributed by atoms with Crippen LogP contribution >= 0.6 is 11.3 Å². The third-order valence-electron chi connectivity index (χ3n) is 1.95. The Bertz CT molecular complexity index is 474. The zero-order valence-corrected chi connectivity index (χ0v) is 8.70. The maximum absolute atomic E-state index is 10.9. The Kier molecular flexibility index (Phi) is 2.42. The highest BCUT2D eigenvalue weighted by Gasteiger charge is 2.11. The van der Waals surface area contributed by atoms with Crippen LogP contribution in [-0.4, -0.2) is 15.7 Å². The number of thiophene rings is 1. The van der Waals surface area contributed by atoms with Crippen LogP contribution in [0.4, 0.5) is 5.69 Å². The van der Waals surface area contributed by atoms with Crippen molar-refractivity contribution in [2.75, 3.05) is 5.73 Å². The summed E-state index contributed by atoms with van der Waals surface area (Å²) in [5.74, 6) is -0.600. The van der Waals surface area contributed by atoms with Crippen LogP contribution in [0.25, 0.3) is 0 Å². The van der Waals surface area contributed by atoms with Crippen LogP contribution in [-0.2, 0) is 6.54 Å². The molecule has 15 heavy (non-hydrogen) atoms. The van der Waals surface area contributed by atoms with Gasteiger partial charge >= 0.3 is 0 Å². The number of nitrogens with zero attached hydrogens (tertiary/aromatic N) is 2. The first-order chi connectivity index (χ1) is 7.16. The quantitative estimate of drug-likeness (QED) is 0.800. The fourth-order valence-electron chi connectivity index (χ4n) is 1.28. The third-order valence-corrected chi connectivity index (χ3v) is 2.68. The average molecular weight is 222 g/mol. The van der Waals surface area contributed by atoms with Gasteiger partial charge < -0.3 is 11.5 Å². The summed E-state index contributed by atoms with van der Waals surface area (Å²) in [7, 11) is 0. The average Bonchev–Trinajstić information content (AvgIpc) is 2.75. The molecule has 1 amide bonds. The summed E-state index contributed by atoms with van der Waals surface area (Å²) in [4.78, 5) is 10.9. The van der Waals surface area contributed by atoms with Crippen LogP contribution in [0.3, 0.4) is 0 Å². The first kappa shape index (κ1) is 9.72. The van der Waals surface area contributed by atoms with Gasteiger partial charge in [-0.1, -0.05) is 0 Å². The molecule has 0 radical (unpaired) electrons. The summed E-state index contributed by atoms with van der Waals surface area (Å²) in [6, 6.07) is 1.99. The Morgan fingerprint density at radius 2 is 2.40 bits per heavy atom.